The minimum Gasteiger partial charge on any atom is -0.481 e. The number of imidazole rings is 1. The number of hydrogen-bond donors (Lipinski definition) is 3. The van der Waals surface area contributed by atoms with Gasteiger partial charge in [0, 0.05) is 32.4 Å². The minimum atomic E-state index is -0.851. The van der Waals surface area contributed by atoms with E-state index in [2.05, 4.69) is 15.3 Å². The number of urea groups is 1. The molecule has 0 aliphatic heterocycles. The van der Waals surface area contributed by atoms with E-state index in [1.54, 1.807) is 19.4 Å². The van der Waals surface area contributed by atoms with Crippen molar-refractivity contribution in [2.45, 2.75) is 32.2 Å². The van der Waals surface area contributed by atoms with Crippen molar-refractivity contribution >= 4 is 12.0 Å². The minimum absolute atomic E-state index is 0.0625. The van der Waals surface area contributed by atoms with E-state index < -0.39 is 5.97 Å². The first-order valence-electron chi connectivity index (χ1n) is 6.27. The summed E-state index contributed by atoms with van der Waals surface area (Å²) in [6, 6.07) is -0.391. The van der Waals surface area contributed by atoms with E-state index in [9.17, 15) is 9.59 Å². The van der Waals surface area contributed by atoms with Crippen molar-refractivity contribution in [3.63, 3.8) is 0 Å². The number of aromatic amines is 1. The molecule has 1 rings (SSSR count). The Labute approximate surface area is 112 Å². The number of H-pyrrole nitrogens is 1. The van der Waals surface area contributed by atoms with Gasteiger partial charge in [-0.05, 0) is 12.8 Å². The van der Waals surface area contributed by atoms with Crippen LogP contribution < -0.4 is 5.32 Å². The van der Waals surface area contributed by atoms with Gasteiger partial charge in [0.25, 0.3) is 0 Å². The molecule has 0 spiro atoms. The van der Waals surface area contributed by atoms with Crippen molar-refractivity contribution in [2.24, 2.45) is 0 Å². The molecule has 0 aliphatic carbocycles. The third kappa shape index (κ3) is 4.99. The maximum atomic E-state index is 11.9. The van der Waals surface area contributed by atoms with Gasteiger partial charge < -0.3 is 20.3 Å². The molecule has 1 atom stereocenters. The smallest absolute Gasteiger partial charge is 0.317 e. The molecule has 1 aromatic heterocycles. The van der Waals surface area contributed by atoms with Gasteiger partial charge in [0.2, 0.25) is 0 Å². The number of rotatable bonds is 7. The first kappa shape index (κ1) is 15.0. The molecular weight excluding hydrogens is 248 g/mol. The Hall–Kier alpha value is -2.05. The van der Waals surface area contributed by atoms with Crippen LogP contribution in [0.1, 0.15) is 38.1 Å². The van der Waals surface area contributed by atoms with Crippen molar-refractivity contribution in [1.82, 2.24) is 20.2 Å². The molecule has 0 radical (unpaired) electrons. The fourth-order valence-corrected chi connectivity index (χ4v) is 1.66. The Morgan fingerprint density at radius 3 is 2.84 bits per heavy atom. The summed E-state index contributed by atoms with van der Waals surface area (Å²) >= 11 is 0. The lowest BCUT2D eigenvalue weighted by atomic mass is 10.2. The average Bonchev–Trinajstić information content (AvgIpc) is 2.88. The largest absolute Gasteiger partial charge is 0.481 e. The Balaban J connectivity index is 2.42. The summed E-state index contributed by atoms with van der Waals surface area (Å²) < 4.78 is 0. The highest BCUT2D eigenvalue weighted by Gasteiger charge is 2.17. The quantitative estimate of drug-likeness (QED) is 0.695. The number of carboxylic acid groups (broad SMARTS) is 1. The second kappa shape index (κ2) is 7.40. The molecule has 0 saturated heterocycles. The SMILES string of the molecule is CCC(NC(=O)N(C)CCCC(=O)O)c1ncc[nH]1. The fraction of sp³-hybridized carbons (Fsp3) is 0.583. The van der Waals surface area contributed by atoms with Crippen LogP contribution in [-0.2, 0) is 4.79 Å². The third-order valence-electron chi connectivity index (χ3n) is 2.79. The molecule has 0 fully saturated rings. The molecule has 0 aliphatic rings. The predicted octanol–water partition coefficient (Wildman–Crippen LogP) is 1.37. The number of aliphatic carboxylic acids is 1. The Morgan fingerprint density at radius 2 is 2.32 bits per heavy atom. The summed E-state index contributed by atoms with van der Waals surface area (Å²) in [5.41, 5.74) is 0. The van der Waals surface area contributed by atoms with E-state index in [1.807, 2.05) is 6.92 Å². The number of nitrogens with one attached hydrogen (secondary N) is 2. The van der Waals surface area contributed by atoms with E-state index in [0.29, 0.717) is 13.0 Å². The standard InChI is InChI=1S/C12H20N4O3/c1-3-9(11-13-6-7-14-11)15-12(19)16(2)8-4-5-10(17)18/h6-7,9H,3-5,8H2,1-2H3,(H,13,14)(H,15,19)(H,17,18). The highest BCUT2D eigenvalue weighted by Crippen LogP contribution is 2.11. The summed E-state index contributed by atoms with van der Waals surface area (Å²) in [5.74, 6) is -0.134. The normalized spacial score (nSPS) is 11.9. The molecule has 3 N–H and O–H groups in total. The van der Waals surface area contributed by atoms with Gasteiger partial charge in [-0.15, -0.1) is 0 Å². The fourth-order valence-electron chi connectivity index (χ4n) is 1.66. The van der Waals surface area contributed by atoms with Crippen molar-refractivity contribution in [3.8, 4) is 0 Å². The summed E-state index contributed by atoms with van der Waals surface area (Å²) in [4.78, 5) is 30.9. The van der Waals surface area contributed by atoms with Crippen molar-refractivity contribution in [1.29, 1.82) is 0 Å². The predicted molar refractivity (Wildman–Crippen MR) is 69.7 cm³/mol. The summed E-state index contributed by atoms with van der Waals surface area (Å²) in [7, 11) is 1.64. The van der Waals surface area contributed by atoms with Crippen LogP contribution in [0.3, 0.4) is 0 Å². The summed E-state index contributed by atoms with van der Waals surface area (Å²) in [6.45, 7) is 2.37. The van der Waals surface area contributed by atoms with E-state index in [0.717, 1.165) is 12.2 Å². The van der Waals surface area contributed by atoms with E-state index in [1.165, 1.54) is 4.90 Å². The number of hydrogen-bond acceptors (Lipinski definition) is 3. The van der Waals surface area contributed by atoms with Crippen molar-refractivity contribution in [3.05, 3.63) is 18.2 Å². The zero-order valence-corrected chi connectivity index (χ0v) is 11.2. The molecule has 0 saturated carbocycles. The number of amides is 2. The zero-order valence-electron chi connectivity index (χ0n) is 11.2. The average molecular weight is 268 g/mol. The lowest BCUT2D eigenvalue weighted by Crippen LogP contribution is -2.40. The molecule has 1 heterocycles. The summed E-state index contributed by atoms with van der Waals surface area (Å²) in [5, 5.41) is 11.4. The first-order chi connectivity index (χ1) is 9.04. The van der Waals surface area contributed by atoms with Gasteiger partial charge in [0.05, 0.1) is 6.04 Å². The number of carboxylic acids is 1. The van der Waals surface area contributed by atoms with Crippen LogP contribution in [0.4, 0.5) is 4.79 Å². The Morgan fingerprint density at radius 1 is 1.58 bits per heavy atom. The summed E-state index contributed by atoms with van der Waals surface area (Å²) in [6.07, 6.45) is 4.58. The van der Waals surface area contributed by atoms with Crippen molar-refractivity contribution in [2.75, 3.05) is 13.6 Å². The van der Waals surface area contributed by atoms with Gasteiger partial charge in [0.1, 0.15) is 5.82 Å². The molecule has 7 heteroatoms. The highest BCUT2D eigenvalue weighted by molar-refractivity contribution is 5.74. The van der Waals surface area contributed by atoms with Gasteiger partial charge in [-0.1, -0.05) is 6.92 Å². The maximum absolute atomic E-state index is 11.9. The molecule has 2 amide bonds. The van der Waals surface area contributed by atoms with Crippen LogP contribution in [0, 0.1) is 0 Å². The van der Waals surface area contributed by atoms with E-state index in [4.69, 9.17) is 5.11 Å². The highest BCUT2D eigenvalue weighted by atomic mass is 16.4. The molecule has 7 nitrogen and oxygen atoms in total. The van der Waals surface area contributed by atoms with Crippen molar-refractivity contribution < 1.29 is 14.7 Å². The lowest BCUT2D eigenvalue weighted by Gasteiger charge is -2.21. The van der Waals surface area contributed by atoms with Crippen LogP contribution in [0.2, 0.25) is 0 Å². The topological polar surface area (TPSA) is 98.3 Å². The lowest BCUT2D eigenvalue weighted by molar-refractivity contribution is -0.137. The molecule has 1 aromatic rings. The molecule has 106 valence electrons. The first-order valence-corrected chi connectivity index (χ1v) is 6.27. The van der Waals surface area contributed by atoms with Crippen LogP contribution in [0.15, 0.2) is 12.4 Å². The monoisotopic (exact) mass is 268 g/mol. The van der Waals surface area contributed by atoms with E-state index in [-0.39, 0.29) is 18.5 Å². The van der Waals surface area contributed by atoms with Crippen LogP contribution in [0.25, 0.3) is 0 Å². The van der Waals surface area contributed by atoms with Gasteiger partial charge in [-0.25, -0.2) is 9.78 Å². The Kier molecular flexibility index (Phi) is 5.84. The van der Waals surface area contributed by atoms with Crippen LogP contribution in [0.5, 0.6) is 0 Å². The number of carbonyl (C=O) groups is 2. The Bertz CT molecular complexity index is 405. The second-order valence-electron chi connectivity index (χ2n) is 4.30. The number of nitrogens with zero attached hydrogens (tertiary/aromatic N) is 2. The molecule has 0 bridgehead atoms. The van der Waals surface area contributed by atoms with Gasteiger partial charge >= 0.3 is 12.0 Å². The van der Waals surface area contributed by atoms with Gasteiger partial charge in [0.15, 0.2) is 0 Å². The molecular formula is C12H20N4O3. The number of carbonyl (C=O) groups excluding carboxylic acids is 1. The van der Waals surface area contributed by atoms with Crippen LogP contribution in [-0.4, -0.2) is 45.6 Å². The maximum Gasteiger partial charge on any atom is 0.317 e. The van der Waals surface area contributed by atoms with Gasteiger partial charge in [-0.3, -0.25) is 4.79 Å². The van der Waals surface area contributed by atoms with Crippen LogP contribution >= 0.6 is 0 Å². The number of aromatic nitrogens is 2. The molecule has 19 heavy (non-hydrogen) atoms. The molecule has 0 aromatic carbocycles. The van der Waals surface area contributed by atoms with Gasteiger partial charge in [-0.2, -0.15) is 0 Å². The van der Waals surface area contributed by atoms with E-state index >= 15 is 0 Å². The second-order valence-corrected chi connectivity index (χ2v) is 4.30. The zero-order chi connectivity index (χ0) is 14.3. The third-order valence-corrected chi connectivity index (χ3v) is 2.79. The molecule has 1 unspecified atom stereocenters.